The molecule has 0 saturated heterocycles. The lowest BCUT2D eigenvalue weighted by Crippen LogP contribution is -2.03. The summed E-state index contributed by atoms with van der Waals surface area (Å²) in [6, 6.07) is 14.5. The summed E-state index contributed by atoms with van der Waals surface area (Å²) in [6.07, 6.45) is 9.03. The molecule has 0 N–H and O–H groups in total. The summed E-state index contributed by atoms with van der Waals surface area (Å²) in [5.74, 6) is 1.20. The summed E-state index contributed by atoms with van der Waals surface area (Å²) >= 11 is 0. The predicted octanol–water partition coefficient (Wildman–Crippen LogP) is 7.53. The first-order valence-corrected chi connectivity index (χ1v) is 10.9. The molecule has 0 aromatic heterocycles. The number of benzene rings is 2. The molecule has 5 nitrogen and oxygen atoms in total. The van der Waals surface area contributed by atoms with E-state index in [0.29, 0.717) is 40.9 Å². The van der Waals surface area contributed by atoms with Crippen molar-refractivity contribution in [2.75, 3.05) is 13.2 Å². The van der Waals surface area contributed by atoms with Crippen LogP contribution >= 0.6 is 0 Å². The fourth-order valence-electron chi connectivity index (χ4n) is 2.97. The summed E-state index contributed by atoms with van der Waals surface area (Å²) in [6.45, 7) is 5.60. The molecule has 0 aliphatic carbocycles. The summed E-state index contributed by atoms with van der Waals surface area (Å²) in [5.41, 5.74) is 0.970. The maximum atomic E-state index is 12.5. The molecule has 2 rings (SSSR count). The third-order valence-corrected chi connectivity index (χ3v) is 4.63. The van der Waals surface area contributed by atoms with Gasteiger partial charge in [-0.3, -0.25) is 0 Å². The fourth-order valence-corrected chi connectivity index (χ4v) is 2.97. The highest BCUT2D eigenvalue weighted by Gasteiger charge is 2.15. The summed E-state index contributed by atoms with van der Waals surface area (Å²) in [4.78, 5) is 0.629. The number of ether oxygens (including phenoxy) is 2. The molecule has 0 heterocycles. The lowest BCUT2D eigenvalue weighted by Gasteiger charge is -2.14. The number of unbranched alkanes of at least 4 members (excludes halogenated alkanes) is 6. The molecular formula is C24H34N2O3. The van der Waals surface area contributed by atoms with Gasteiger partial charge in [-0.15, -0.1) is 0 Å². The van der Waals surface area contributed by atoms with Crippen LogP contribution in [-0.4, -0.2) is 18.1 Å². The van der Waals surface area contributed by atoms with Gasteiger partial charge in [-0.05, 0) is 29.8 Å². The van der Waals surface area contributed by atoms with Gasteiger partial charge in [-0.2, -0.15) is 0 Å². The van der Waals surface area contributed by atoms with Crippen molar-refractivity contribution in [1.82, 2.24) is 0 Å². The molecule has 0 amide bonds. The van der Waals surface area contributed by atoms with Crippen molar-refractivity contribution in [2.24, 2.45) is 5.11 Å². The van der Waals surface area contributed by atoms with Gasteiger partial charge in [-0.1, -0.05) is 76.6 Å². The van der Waals surface area contributed by atoms with Crippen LogP contribution in [0.1, 0.15) is 65.2 Å². The van der Waals surface area contributed by atoms with Gasteiger partial charge in [0.2, 0.25) is 5.69 Å². The van der Waals surface area contributed by atoms with Crippen molar-refractivity contribution in [3.63, 3.8) is 0 Å². The second-order valence-corrected chi connectivity index (χ2v) is 7.13. The maximum absolute atomic E-state index is 12.5. The average Bonchev–Trinajstić information content (AvgIpc) is 2.75. The van der Waals surface area contributed by atoms with E-state index in [1.165, 1.54) is 25.7 Å². The molecule has 29 heavy (non-hydrogen) atoms. The molecule has 0 radical (unpaired) electrons. The molecule has 0 fully saturated rings. The van der Waals surface area contributed by atoms with E-state index in [9.17, 15) is 5.21 Å². The van der Waals surface area contributed by atoms with E-state index in [1.54, 1.807) is 18.2 Å². The molecule has 2 aromatic rings. The lowest BCUT2D eigenvalue weighted by molar-refractivity contribution is -0.435. The smallest absolute Gasteiger partial charge is 0.244 e. The number of azo groups is 1. The molecule has 0 atom stereocenters. The highest BCUT2D eigenvalue weighted by molar-refractivity contribution is 5.59. The van der Waals surface area contributed by atoms with Crippen molar-refractivity contribution in [3.05, 3.63) is 53.7 Å². The van der Waals surface area contributed by atoms with Gasteiger partial charge in [0, 0.05) is 17.2 Å². The number of hydrogen-bond donors (Lipinski definition) is 0. The molecule has 0 bridgehead atoms. The third-order valence-electron chi connectivity index (χ3n) is 4.63. The SMILES string of the molecule is CCCCCCOc1cccc(N=[N+]([O-])c2ccccc2)c1OCCCCCC. The van der Waals surface area contributed by atoms with Crippen LogP contribution in [0.4, 0.5) is 11.4 Å². The number of para-hydroxylation sites is 2. The zero-order chi connectivity index (χ0) is 20.7. The van der Waals surface area contributed by atoms with Gasteiger partial charge in [-0.25, -0.2) is 0 Å². The number of rotatable bonds is 14. The van der Waals surface area contributed by atoms with Gasteiger partial charge < -0.3 is 14.7 Å². The fraction of sp³-hybridized carbons (Fsp3) is 0.500. The first-order chi connectivity index (χ1) is 14.3. The molecule has 0 aliphatic rings. The van der Waals surface area contributed by atoms with Crippen LogP contribution in [0.2, 0.25) is 0 Å². The predicted molar refractivity (Wildman–Crippen MR) is 118 cm³/mol. The Balaban J connectivity index is 2.15. The Hall–Kier alpha value is -2.56. The van der Waals surface area contributed by atoms with E-state index < -0.39 is 0 Å². The normalized spacial score (nSPS) is 11.4. The van der Waals surface area contributed by atoms with Crippen molar-refractivity contribution >= 4 is 11.4 Å². The minimum Gasteiger partial charge on any atom is -0.594 e. The quantitative estimate of drug-likeness (QED) is 0.143. The van der Waals surface area contributed by atoms with Crippen LogP contribution in [0.15, 0.2) is 53.6 Å². The molecule has 0 saturated carbocycles. The summed E-state index contributed by atoms with van der Waals surface area (Å²) in [7, 11) is 0. The molecule has 0 spiro atoms. The average molecular weight is 399 g/mol. The van der Waals surface area contributed by atoms with E-state index in [0.717, 1.165) is 25.7 Å². The van der Waals surface area contributed by atoms with Gasteiger partial charge in [0.1, 0.15) is 0 Å². The monoisotopic (exact) mass is 398 g/mol. The minimum atomic E-state index is 0.479. The number of hydrogen-bond acceptors (Lipinski definition) is 4. The molecule has 2 aromatic carbocycles. The third kappa shape index (κ3) is 8.14. The molecule has 5 heteroatoms. The van der Waals surface area contributed by atoms with Crippen LogP contribution in [0, 0.1) is 5.21 Å². The standard InChI is InChI=1S/C24H34N2O3/c1-3-5-7-12-19-28-23-18-14-17-22(24(23)29-20-13-8-6-4-2)25-26(27)21-15-10-9-11-16-21/h9-11,14-18H,3-8,12-13,19-20H2,1-2H3. The first-order valence-electron chi connectivity index (χ1n) is 10.9. The van der Waals surface area contributed by atoms with E-state index in [1.807, 2.05) is 30.3 Å². The maximum Gasteiger partial charge on any atom is 0.244 e. The van der Waals surface area contributed by atoms with Gasteiger partial charge in [0.05, 0.1) is 13.2 Å². The van der Waals surface area contributed by atoms with E-state index in [-0.39, 0.29) is 0 Å². The Labute approximate surface area is 174 Å². The Bertz CT molecular complexity index is 732. The number of nitrogens with zero attached hydrogens (tertiary/aromatic N) is 2. The van der Waals surface area contributed by atoms with Crippen LogP contribution in [0.3, 0.4) is 0 Å². The van der Waals surface area contributed by atoms with E-state index in [2.05, 4.69) is 19.0 Å². The molecule has 0 aliphatic heterocycles. The Morgan fingerprint density at radius 2 is 1.41 bits per heavy atom. The van der Waals surface area contributed by atoms with E-state index in [4.69, 9.17) is 9.47 Å². The zero-order valence-electron chi connectivity index (χ0n) is 17.8. The lowest BCUT2D eigenvalue weighted by atomic mass is 10.2. The summed E-state index contributed by atoms with van der Waals surface area (Å²) in [5, 5.41) is 16.7. The van der Waals surface area contributed by atoms with Crippen LogP contribution in [0.25, 0.3) is 0 Å². The van der Waals surface area contributed by atoms with Crippen molar-refractivity contribution in [3.8, 4) is 11.5 Å². The topological polar surface area (TPSA) is 56.9 Å². The van der Waals surface area contributed by atoms with Gasteiger partial charge in [0.25, 0.3) is 0 Å². The van der Waals surface area contributed by atoms with Crippen molar-refractivity contribution in [2.45, 2.75) is 65.2 Å². The Kier molecular flexibility index (Phi) is 10.6. The van der Waals surface area contributed by atoms with Crippen LogP contribution < -0.4 is 9.47 Å². The highest BCUT2D eigenvalue weighted by atomic mass is 16.5. The van der Waals surface area contributed by atoms with Crippen LogP contribution in [-0.2, 0) is 0 Å². The summed E-state index contributed by atoms with van der Waals surface area (Å²) < 4.78 is 12.0. The second-order valence-electron chi connectivity index (χ2n) is 7.13. The van der Waals surface area contributed by atoms with Crippen molar-refractivity contribution < 1.29 is 14.3 Å². The highest BCUT2D eigenvalue weighted by Crippen LogP contribution is 2.38. The Morgan fingerprint density at radius 1 is 0.759 bits per heavy atom. The first kappa shape index (κ1) is 22.7. The van der Waals surface area contributed by atoms with Gasteiger partial charge in [0.15, 0.2) is 17.2 Å². The van der Waals surface area contributed by atoms with E-state index >= 15 is 0 Å². The molecule has 0 unspecified atom stereocenters. The van der Waals surface area contributed by atoms with Gasteiger partial charge >= 0.3 is 0 Å². The minimum absolute atomic E-state index is 0.479. The van der Waals surface area contributed by atoms with Crippen LogP contribution in [0.5, 0.6) is 11.5 Å². The molecule has 158 valence electrons. The molecular weight excluding hydrogens is 364 g/mol. The Morgan fingerprint density at radius 3 is 2.07 bits per heavy atom. The van der Waals surface area contributed by atoms with Crippen molar-refractivity contribution in [1.29, 1.82) is 0 Å². The second kappa shape index (κ2) is 13.6. The zero-order valence-corrected chi connectivity index (χ0v) is 17.8. The largest absolute Gasteiger partial charge is 0.594 e.